The number of benzene rings is 1. The van der Waals surface area contributed by atoms with Gasteiger partial charge in [0.05, 0.1) is 19.3 Å². The fourth-order valence-electron chi connectivity index (χ4n) is 2.47. The van der Waals surface area contributed by atoms with Crippen molar-refractivity contribution in [2.75, 3.05) is 18.5 Å². The summed E-state index contributed by atoms with van der Waals surface area (Å²) in [5, 5.41) is 2.80. The number of rotatable bonds is 3. The highest BCUT2D eigenvalue weighted by molar-refractivity contribution is 5.94. The number of nitrogens with zero attached hydrogens (tertiary/aromatic N) is 2. The van der Waals surface area contributed by atoms with Crippen LogP contribution in [0.1, 0.15) is 12.6 Å². The van der Waals surface area contributed by atoms with Crippen molar-refractivity contribution in [3.63, 3.8) is 0 Å². The number of anilines is 1. The van der Waals surface area contributed by atoms with Gasteiger partial charge in [-0.1, -0.05) is 30.3 Å². The van der Waals surface area contributed by atoms with Crippen LogP contribution in [0, 0.1) is 6.92 Å². The number of amides is 1. The molecule has 2 atom stereocenters. The van der Waals surface area contributed by atoms with Gasteiger partial charge in [-0.3, -0.25) is 4.79 Å². The standard InChI is InChI=1S/C17H19N3O3/c1-11-10-14(19-16(18-11)13-6-4-3-5-7-13)20-17(21)15-12(2)22-8-9-23-15/h3-7,10,12,15H,8-9H2,1-2H3,(H,18,19,20,21)/t12-,15-/m0/s1. The predicted octanol–water partition coefficient (Wildman–Crippen LogP) is 2.19. The maximum Gasteiger partial charge on any atom is 0.257 e. The summed E-state index contributed by atoms with van der Waals surface area (Å²) < 4.78 is 10.9. The molecule has 0 radical (unpaired) electrons. The van der Waals surface area contributed by atoms with E-state index in [2.05, 4.69) is 15.3 Å². The lowest BCUT2D eigenvalue weighted by Crippen LogP contribution is -2.44. The third-order valence-corrected chi connectivity index (χ3v) is 3.58. The molecule has 120 valence electrons. The quantitative estimate of drug-likeness (QED) is 0.940. The Hall–Kier alpha value is -2.31. The average Bonchev–Trinajstić information content (AvgIpc) is 2.55. The predicted molar refractivity (Wildman–Crippen MR) is 86.0 cm³/mol. The Balaban J connectivity index is 1.80. The van der Waals surface area contributed by atoms with Gasteiger partial charge in [-0.05, 0) is 13.8 Å². The Morgan fingerprint density at radius 2 is 1.91 bits per heavy atom. The number of aromatic nitrogens is 2. The second-order valence-electron chi connectivity index (χ2n) is 5.44. The SMILES string of the molecule is Cc1cc(NC(=O)[C@H]2OCCO[C@H]2C)nc(-c2ccccc2)n1. The summed E-state index contributed by atoms with van der Waals surface area (Å²) in [4.78, 5) is 21.2. The molecule has 0 spiro atoms. The molecule has 1 fully saturated rings. The van der Waals surface area contributed by atoms with E-state index >= 15 is 0 Å². The summed E-state index contributed by atoms with van der Waals surface area (Å²) in [7, 11) is 0. The van der Waals surface area contributed by atoms with Crippen LogP contribution in [0.15, 0.2) is 36.4 Å². The zero-order chi connectivity index (χ0) is 16.2. The van der Waals surface area contributed by atoms with E-state index in [1.165, 1.54) is 0 Å². The van der Waals surface area contributed by atoms with Crippen LogP contribution in [0.25, 0.3) is 11.4 Å². The number of ether oxygens (including phenoxy) is 2. The molecule has 0 bridgehead atoms. The molecule has 1 N–H and O–H groups in total. The van der Waals surface area contributed by atoms with Gasteiger partial charge in [-0.2, -0.15) is 0 Å². The van der Waals surface area contributed by atoms with Crippen molar-refractivity contribution >= 4 is 11.7 Å². The lowest BCUT2D eigenvalue weighted by molar-refractivity contribution is -0.157. The van der Waals surface area contributed by atoms with Gasteiger partial charge in [0.2, 0.25) is 0 Å². The smallest absolute Gasteiger partial charge is 0.257 e. The summed E-state index contributed by atoms with van der Waals surface area (Å²) in [6.45, 7) is 4.62. The lowest BCUT2D eigenvalue weighted by Gasteiger charge is -2.28. The minimum atomic E-state index is -0.626. The van der Waals surface area contributed by atoms with E-state index < -0.39 is 6.10 Å². The Labute approximate surface area is 134 Å². The molecule has 0 unspecified atom stereocenters. The minimum Gasteiger partial charge on any atom is -0.373 e. The summed E-state index contributed by atoms with van der Waals surface area (Å²) in [6.07, 6.45) is -0.903. The Morgan fingerprint density at radius 3 is 2.65 bits per heavy atom. The normalized spacial score (nSPS) is 21.0. The molecule has 6 heteroatoms. The Bertz CT molecular complexity index is 691. The van der Waals surface area contributed by atoms with E-state index in [1.54, 1.807) is 6.07 Å². The Morgan fingerprint density at radius 1 is 1.17 bits per heavy atom. The molecule has 1 aromatic heterocycles. The van der Waals surface area contributed by atoms with Gasteiger partial charge in [-0.15, -0.1) is 0 Å². The molecule has 23 heavy (non-hydrogen) atoms. The third-order valence-electron chi connectivity index (χ3n) is 3.58. The summed E-state index contributed by atoms with van der Waals surface area (Å²) in [6, 6.07) is 11.4. The first kappa shape index (κ1) is 15.6. The van der Waals surface area contributed by atoms with Gasteiger partial charge in [0, 0.05) is 17.3 Å². The number of hydrogen-bond acceptors (Lipinski definition) is 5. The third kappa shape index (κ3) is 3.72. The first-order chi connectivity index (χ1) is 11.1. The van der Waals surface area contributed by atoms with Crippen LogP contribution in [-0.2, 0) is 14.3 Å². The van der Waals surface area contributed by atoms with E-state index in [-0.39, 0.29) is 12.0 Å². The highest BCUT2D eigenvalue weighted by Crippen LogP contribution is 2.18. The molecule has 6 nitrogen and oxygen atoms in total. The van der Waals surface area contributed by atoms with E-state index in [4.69, 9.17) is 9.47 Å². The first-order valence-corrected chi connectivity index (χ1v) is 7.58. The highest BCUT2D eigenvalue weighted by Gasteiger charge is 2.30. The molecule has 1 aliphatic rings. The molecular weight excluding hydrogens is 294 g/mol. The molecular formula is C17H19N3O3. The molecule has 2 heterocycles. The van der Waals surface area contributed by atoms with E-state index in [0.29, 0.717) is 24.9 Å². The van der Waals surface area contributed by atoms with Crippen molar-refractivity contribution in [1.82, 2.24) is 9.97 Å². The maximum absolute atomic E-state index is 12.4. The van der Waals surface area contributed by atoms with E-state index in [1.807, 2.05) is 44.2 Å². The molecule has 1 aliphatic heterocycles. The largest absolute Gasteiger partial charge is 0.373 e. The van der Waals surface area contributed by atoms with Crippen molar-refractivity contribution in [1.29, 1.82) is 0 Å². The fraction of sp³-hybridized carbons (Fsp3) is 0.353. The minimum absolute atomic E-state index is 0.255. The number of nitrogens with one attached hydrogen (secondary N) is 1. The van der Waals surface area contributed by atoms with Crippen LogP contribution in [0.5, 0.6) is 0 Å². The zero-order valence-corrected chi connectivity index (χ0v) is 13.2. The topological polar surface area (TPSA) is 73.3 Å². The van der Waals surface area contributed by atoms with Gasteiger partial charge in [0.25, 0.3) is 5.91 Å². The zero-order valence-electron chi connectivity index (χ0n) is 13.2. The molecule has 2 aromatic rings. The van der Waals surface area contributed by atoms with Crippen molar-refractivity contribution < 1.29 is 14.3 Å². The molecule has 1 aromatic carbocycles. The van der Waals surface area contributed by atoms with Crippen LogP contribution in [-0.4, -0.2) is 41.3 Å². The molecule has 1 saturated heterocycles. The summed E-state index contributed by atoms with van der Waals surface area (Å²) >= 11 is 0. The van der Waals surface area contributed by atoms with Crippen LogP contribution in [0.3, 0.4) is 0 Å². The monoisotopic (exact) mass is 313 g/mol. The Kier molecular flexibility index (Phi) is 4.64. The van der Waals surface area contributed by atoms with Crippen LogP contribution >= 0.6 is 0 Å². The van der Waals surface area contributed by atoms with Crippen LogP contribution in [0.2, 0.25) is 0 Å². The number of aryl methyl sites for hydroxylation is 1. The molecule has 1 amide bonds. The molecule has 0 saturated carbocycles. The van der Waals surface area contributed by atoms with Crippen molar-refractivity contribution in [3.8, 4) is 11.4 Å². The second-order valence-corrected chi connectivity index (χ2v) is 5.44. The van der Waals surface area contributed by atoms with E-state index in [0.717, 1.165) is 11.3 Å². The van der Waals surface area contributed by atoms with Gasteiger partial charge in [0.15, 0.2) is 11.9 Å². The second kappa shape index (κ2) is 6.85. The van der Waals surface area contributed by atoms with Crippen molar-refractivity contribution in [3.05, 3.63) is 42.1 Å². The van der Waals surface area contributed by atoms with Gasteiger partial charge in [-0.25, -0.2) is 9.97 Å². The maximum atomic E-state index is 12.4. The van der Waals surface area contributed by atoms with Gasteiger partial charge >= 0.3 is 0 Å². The summed E-state index contributed by atoms with van der Waals surface area (Å²) in [5.41, 5.74) is 1.68. The van der Waals surface area contributed by atoms with Gasteiger partial charge < -0.3 is 14.8 Å². The fourth-order valence-corrected chi connectivity index (χ4v) is 2.47. The lowest BCUT2D eigenvalue weighted by atomic mass is 10.2. The number of hydrogen-bond donors (Lipinski definition) is 1. The van der Waals surface area contributed by atoms with Crippen LogP contribution < -0.4 is 5.32 Å². The van der Waals surface area contributed by atoms with Crippen molar-refractivity contribution in [2.45, 2.75) is 26.1 Å². The first-order valence-electron chi connectivity index (χ1n) is 7.58. The van der Waals surface area contributed by atoms with E-state index in [9.17, 15) is 4.79 Å². The number of carbonyl (C=O) groups excluding carboxylic acids is 1. The van der Waals surface area contributed by atoms with Crippen molar-refractivity contribution in [2.24, 2.45) is 0 Å². The average molecular weight is 313 g/mol. The highest BCUT2D eigenvalue weighted by atomic mass is 16.6. The van der Waals surface area contributed by atoms with Gasteiger partial charge in [0.1, 0.15) is 5.82 Å². The van der Waals surface area contributed by atoms with Crippen LogP contribution in [0.4, 0.5) is 5.82 Å². The summed E-state index contributed by atoms with van der Waals surface area (Å²) in [5.74, 6) is 0.784. The number of carbonyl (C=O) groups is 1. The molecule has 3 rings (SSSR count). The molecule has 0 aliphatic carbocycles.